The summed E-state index contributed by atoms with van der Waals surface area (Å²) < 4.78 is 1.83. The van der Waals surface area contributed by atoms with Crippen LogP contribution in [-0.4, -0.2) is 55.2 Å². The standard InChI is InChI=1S/C20H23N5O/c1-20(2)15-24(12-13-25(20)14-16-6-4-3-5-7-16)19(26)17-18-22-9-11-23(18)10-8-21-17/h3-11H,12-15H2,1-2H3. The lowest BCUT2D eigenvalue weighted by molar-refractivity contribution is 0.0136. The number of hydrogen-bond acceptors (Lipinski definition) is 4. The van der Waals surface area contributed by atoms with Crippen LogP contribution >= 0.6 is 0 Å². The van der Waals surface area contributed by atoms with Gasteiger partial charge in [-0.1, -0.05) is 30.3 Å². The van der Waals surface area contributed by atoms with E-state index in [-0.39, 0.29) is 11.4 Å². The van der Waals surface area contributed by atoms with Crippen molar-refractivity contribution < 1.29 is 4.79 Å². The van der Waals surface area contributed by atoms with Gasteiger partial charge in [0.25, 0.3) is 5.91 Å². The fraction of sp³-hybridized carbons (Fsp3) is 0.350. The van der Waals surface area contributed by atoms with Crippen molar-refractivity contribution in [2.24, 2.45) is 0 Å². The first-order valence-electron chi connectivity index (χ1n) is 8.90. The minimum atomic E-state index is -0.107. The summed E-state index contributed by atoms with van der Waals surface area (Å²) >= 11 is 0. The third-order valence-corrected chi connectivity index (χ3v) is 5.09. The molecule has 0 radical (unpaired) electrons. The zero-order valence-electron chi connectivity index (χ0n) is 15.2. The zero-order valence-corrected chi connectivity index (χ0v) is 15.2. The lowest BCUT2D eigenvalue weighted by Crippen LogP contribution is -2.60. The largest absolute Gasteiger partial charge is 0.334 e. The second-order valence-corrected chi connectivity index (χ2v) is 7.38. The van der Waals surface area contributed by atoms with Gasteiger partial charge in [-0.2, -0.15) is 0 Å². The van der Waals surface area contributed by atoms with Crippen molar-refractivity contribution in [1.82, 2.24) is 24.2 Å². The van der Waals surface area contributed by atoms with E-state index in [1.165, 1.54) is 5.56 Å². The highest BCUT2D eigenvalue weighted by molar-refractivity contribution is 5.97. The molecule has 1 aliphatic rings. The summed E-state index contributed by atoms with van der Waals surface area (Å²) in [6.45, 7) is 7.48. The lowest BCUT2D eigenvalue weighted by atomic mass is 9.97. The lowest BCUT2D eigenvalue weighted by Gasteiger charge is -2.47. The van der Waals surface area contributed by atoms with Gasteiger partial charge in [-0.15, -0.1) is 0 Å². The van der Waals surface area contributed by atoms with Gasteiger partial charge in [0, 0.05) is 56.5 Å². The normalized spacial score (nSPS) is 17.5. The SMILES string of the molecule is CC1(C)CN(C(=O)c2nccn3ccnc23)CCN1Cc1ccccc1. The fourth-order valence-electron chi connectivity index (χ4n) is 3.62. The van der Waals surface area contributed by atoms with Gasteiger partial charge in [0.15, 0.2) is 11.3 Å². The van der Waals surface area contributed by atoms with Crippen LogP contribution in [0.1, 0.15) is 29.9 Å². The van der Waals surface area contributed by atoms with E-state index < -0.39 is 0 Å². The Hall–Kier alpha value is -2.73. The van der Waals surface area contributed by atoms with Gasteiger partial charge in [0.1, 0.15) is 0 Å². The maximum Gasteiger partial charge on any atom is 0.276 e. The summed E-state index contributed by atoms with van der Waals surface area (Å²) in [5.74, 6) is -0.0470. The zero-order chi connectivity index (χ0) is 18.1. The highest BCUT2D eigenvalue weighted by atomic mass is 16.2. The van der Waals surface area contributed by atoms with Crippen molar-refractivity contribution >= 4 is 11.6 Å². The molecule has 0 N–H and O–H groups in total. The predicted molar refractivity (Wildman–Crippen MR) is 99.8 cm³/mol. The maximum absolute atomic E-state index is 13.1. The van der Waals surface area contributed by atoms with Gasteiger partial charge in [-0.25, -0.2) is 9.97 Å². The van der Waals surface area contributed by atoms with Crippen LogP contribution in [0, 0.1) is 0 Å². The molecule has 26 heavy (non-hydrogen) atoms. The number of carbonyl (C=O) groups is 1. The molecule has 3 heterocycles. The Balaban J connectivity index is 1.52. The molecule has 4 rings (SSSR count). The molecule has 1 fully saturated rings. The Bertz CT molecular complexity index is 918. The average Bonchev–Trinajstić information content (AvgIpc) is 3.12. The quantitative estimate of drug-likeness (QED) is 0.729. The number of imidazole rings is 1. The summed E-state index contributed by atoms with van der Waals surface area (Å²) in [5, 5.41) is 0. The number of rotatable bonds is 3. The number of carbonyl (C=O) groups excluding carboxylic acids is 1. The molecule has 1 saturated heterocycles. The van der Waals surface area contributed by atoms with Gasteiger partial charge in [0.2, 0.25) is 0 Å². The highest BCUT2D eigenvalue weighted by Gasteiger charge is 2.36. The third kappa shape index (κ3) is 3.08. The van der Waals surface area contributed by atoms with Crippen LogP contribution < -0.4 is 0 Å². The number of piperazine rings is 1. The van der Waals surface area contributed by atoms with E-state index in [4.69, 9.17) is 0 Å². The van der Waals surface area contributed by atoms with Crippen molar-refractivity contribution in [3.63, 3.8) is 0 Å². The van der Waals surface area contributed by atoms with Crippen molar-refractivity contribution in [3.8, 4) is 0 Å². The number of amides is 1. The summed E-state index contributed by atoms with van der Waals surface area (Å²) in [6, 6.07) is 10.5. The van der Waals surface area contributed by atoms with E-state index in [2.05, 4.69) is 53.0 Å². The molecule has 0 bridgehead atoms. The van der Waals surface area contributed by atoms with Gasteiger partial charge < -0.3 is 9.30 Å². The Morgan fingerprint density at radius 2 is 1.81 bits per heavy atom. The van der Waals surface area contributed by atoms with Crippen LogP contribution in [0.4, 0.5) is 0 Å². The van der Waals surface area contributed by atoms with Crippen molar-refractivity contribution in [3.05, 3.63) is 66.4 Å². The molecular formula is C20H23N5O. The van der Waals surface area contributed by atoms with Gasteiger partial charge in [-0.3, -0.25) is 9.69 Å². The Labute approximate surface area is 153 Å². The second kappa shape index (κ2) is 6.53. The van der Waals surface area contributed by atoms with E-state index in [0.29, 0.717) is 24.4 Å². The minimum absolute atomic E-state index is 0.0470. The van der Waals surface area contributed by atoms with Crippen LogP contribution in [0.25, 0.3) is 5.65 Å². The van der Waals surface area contributed by atoms with Crippen LogP contribution in [0.5, 0.6) is 0 Å². The summed E-state index contributed by atoms with van der Waals surface area (Å²) in [7, 11) is 0. The number of aromatic nitrogens is 3. The smallest absolute Gasteiger partial charge is 0.276 e. The summed E-state index contributed by atoms with van der Waals surface area (Å²) in [6.07, 6.45) is 6.98. The molecule has 0 saturated carbocycles. The van der Waals surface area contributed by atoms with Crippen LogP contribution in [0.2, 0.25) is 0 Å². The molecule has 1 aromatic carbocycles. The first kappa shape index (κ1) is 16.7. The van der Waals surface area contributed by atoms with E-state index >= 15 is 0 Å². The molecule has 1 aliphatic heterocycles. The first-order valence-corrected chi connectivity index (χ1v) is 8.90. The maximum atomic E-state index is 13.1. The number of benzene rings is 1. The summed E-state index contributed by atoms with van der Waals surface area (Å²) in [4.78, 5) is 26.0. The van der Waals surface area contributed by atoms with Crippen molar-refractivity contribution in [2.45, 2.75) is 25.9 Å². The van der Waals surface area contributed by atoms with E-state index in [1.54, 1.807) is 18.6 Å². The minimum Gasteiger partial charge on any atom is -0.334 e. The summed E-state index contributed by atoms with van der Waals surface area (Å²) in [5.41, 5.74) is 2.22. The third-order valence-electron chi connectivity index (χ3n) is 5.09. The number of hydrogen-bond donors (Lipinski definition) is 0. The van der Waals surface area contributed by atoms with Gasteiger partial charge >= 0.3 is 0 Å². The Morgan fingerprint density at radius 3 is 2.54 bits per heavy atom. The van der Waals surface area contributed by atoms with Crippen LogP contribution in [-0.2, 0) is 6.54 Å². The molecule has 134 valence electrons. The molecule has 0 aliphatic carbocycles. The van der Waals surface area contributed by atoms with Crippen molar-refractivity contribution in [2.75, 3.05) is 19.6 Å². The first-order chi connectivity index (χ1) is 12.5. The monoisotopic (exact) mass is 349 g/mol. The van der Waals surface area contributed by atoms with E-state index in [9.17, 15) is 4.79 Å². The molecule has 0 spiro atoms. The molecule has 3 aromatic rings. The van der Waals surface area contributed by atoms with Gasteiger partial charge in [0.05, 0.1) is 0 Å². The average molecular weight is 349 g/mol. The molecule has 6 nitrogen and oxygen atoms in total. The topological polar surface area (TPSA) is 53.7 Å². The van der Waals surface area contributed by atoms with E-state index in [1.807, 2.05) is 21.6 Å². The molecule has 0 atom stereocenters. The predicted octanol–water partition coefficient (Wildman–Crippen LogP) is 2.47. The molecule has 1 amide bonds. The molecule has 2 aromatic heterocycles. The molecule has 0 unspecified atom stereocenters. The van der Waals surface area contributed by atoms with Crippen LogP contribution in [0.3, 0.4) is 0 Å². The van der Waals surface area contributed by atoms with E-state index in [0.717, 1.165) is 13.1 Å². The number of fused-ring (bicyclic) bond motifs is 1. The van der Waals surface area contributed by atoms with Crippen LogP contribution in [0.15, 0.2) is 55.1 Å². The molecular weight excluding hydrogens is 326 g/mol. The second-order valence-electron chi connectivity index (χ2n) is 7.38. The Kier molecular flexibility index (Phi) is 4.20. The Morgan fingerprint density at radius 1 is 1.08 bits per heavy atom. The fourth-order valence-corrected chi connectivity index (χ4v) is 3.62. The molecule has 6 heteroatoms. The highest BCUT2D eigenvalue weighted by Crippen LogP contribution is 2.24. The van der Waals surface area contributed by atoms with Gasteiger partial charge in [-0.05, 0) is 19.4 Å². The number of nitrogens with zero attached hydrogens (tertiary/aromatic N) is 5. The van der Waals surface area contributed by atoms with Crippen molar-refractivity contribution in [1.29, 1.82) is 0 Å².